The first kappa shape index (κ1) is 29.6. The Morgan fingerprint density at radius 2 is 1.60 bits per heavy atom. The van der Waals surface area contributed by atoms with Crippen LogP contribution in [0.1, 0.15) is 52.7 Å². The molecule has 0 aliphatic rings. The van der Waals surface area contributed by atoms with Crippen LogP contribution >= 0.6 is 0 Å². The van der Waals surface area contributed by atoms with Gasteiger partial charge in [0, 0.05) is 24.7 Å². The number of nitrogens with two attached hydrogens (primary N) is 2. The van der Waals surface area contributed by atoms with E-state index < -0.39 is 53.8 Å². The Balaban J connectivity index is 3.04. The number of nitrogens with one attached hydrogen (secondary N) is 4. The predicted octanol–water partition coefficient (Wildman–Crippen LogP) is -1.21. The first-order valence-electron chi connectivity index (χ1n) is 11.5. The number of aromatic nitrogens is 2. The lowest BCUT2D eigenvalue weighted by molar-refractivity contribution is -0.143. The number of nitrogens with zero attached hydrogens (tertiary/aromatic N) is 1. The van der Waals surface area contributed by atoms with Crippen LogP contribution in [0, 0.1) is 11.8 Å². The monoisotopic (exact) mass is 495 g/mol. The number of aromatic amines is 1. The molecule has 1 rings (SSSR count). The Hall–Kier alpha value is -3.48. The smallest absolute Gasteiger partial charge is 0.326 e. The van der Waals surface area contributed by atoms with Crippen molar-refractivity contribution in [2.45, 2.75) is 77.5 Å². The standard InChI is InChI=1S/C22H37N7O6/c1-11(2)7-15(21(33)29-18(12(3)4)22(34)35)28-20(32)16(8-13-9-25-10-26-13)27-19(31)14(23)5-6-17(24)30/h9-12,14-16,18H,5-8,23H2,1-4H3,(H2,24,30)(H,25,26)(H,27,31)(H,28,32)(H,29,33)(H,34,35). The normalized spacial score (nSPS) is 14.6. The molecule has 35 heavy (non-hydrogen) atoms. The molecule has 0 radical (unpaired) electrons. The average molecular weight is 496 g/mol. The van der Waals surface area contributed by atoms with Crippen LogP contribution in [0.3, 0.4) is 0 Å². The lowest BCUT2D eigenvalue weighted by Crippen LogP contribution is -2.58. The maximum Gasteiger partial charge on any atom is 0.326 e. The molecule has 4 amide bonds. The summed E-state index contributed by atoms with van der Waals surface area (Å²) < 4.78 is 0. The number of rotatable bonds is 15. The third-order valence-electron chi connectivity index (χ3n) is 5.22. The Labute approximate surface area is 204 Å². The highest BCUT2D eigenvalue weighted by Crippen LogP contribution is 2.09. The molecule has 9 N–H and O–H groups in total. The van der Waals surface area contributed by atoms with Gasteiger partial charge in [0.15, 0.2) is 0 Å². The van der Waals surface area contributed by atoms with Crippen molar-refractivity contribution in [1.82, 2.24) is 25.9 Å². The number of carboxylic acid groups (broad SMARTS) is 1. The van der Waals surface area contributed by atoms with Crippen LogP contribution in [-0.4, -0.2) is 68.8 Å². The molecular weight excluding hydrogens is 458 g/mol. The lowest BCUT2D eigenvalue weighted by Gasteiger charge is -2.26. The van der Waals surface area contributed by atoms with Crippen molar-refractivity contribution < 1.29 is 29.1 Å². The van der Waals surface area contributed by atoms with Gasteiger partial charge < -0.3 is 37.5 Å². The fourth-order valence-corrected chi connectivity index (χ4v) is 3.28. The molecule has 1 heterocycles. The Kier molecular flexibility index (Phi) is 11.9. The molecule has 0 spiro atoms. The molecule has 0 aliphatic heterocycles. The Bertz CT molecular complexity index is 872. The summed E-state index contributed by atoms with van der Waals surface area (Å²) in [7, 11) is 0. The summed E-state index contributed by atoms with van der Waals surface area (Å²) in [6.07, 6.45) is 3.08. The zero-order valence-corrected chi connectivity index (χ0v) is 20.5. The maximum atomic E-state index is 13.2. The summed E-state index contributed by atoms with van der Waals surface area (Å²) >= 11 is 0. The van der Waals surface area contributed by atoms with Crippen molar-refractivity contribution in [3.63, 3.8) is 0 Å². The van der Waals surface area contributed by atoms with Crippen molar-refractivity contribution in [2.24, 2.45) is 23.3 Å². The van der Waals surface area contributed by atoms with Crippen molar-refractivity contribution in [2.75, 3.05) is 0 Å². The van der Waals surface area contributed by atoms with Crippen LogP contribution in [0.2, 0.25) is 0 Å². The number of imidazole rings is 1. The van der Waals surface area contributed by atoms with E-state index in [2.05, 4.69) is 25.9 Å². The predicted molar refractivity (Wildman–Crippen MR) is 126 cm³/mol. The lowest BCUT2D eigenvalue weighted by atomic mass is 9.99. The van der Waals surface area contributed by atoms with E-state index in [4.69, 9.17) is 11.5 Å². The molecule has 0 bridgehead atoms. The van der Waals surface area contributed by atoms with Gasteiger partial charge in [-0.05, 0) is 24.7 Å². The zero-order chi connectivity index (χ0) is 26.7. The summed E-state index contributed by atoms with van der Waals surface area (Å²) in [5, 5.41) is 17.1. The number of H-pyrrole nitrogens is 1. The fraction of sp³-hybridized carbons (Fsp3) is 0.636. The molecule has 13 heteroatoms. The third-order valence-corrected chi connectivity index (χ3v) is 5.22. The molecular formula is C22H37N7O6. The van der Waals surface area contributed by atoms with Crippen LogP contribution in [0.15, 0.2) is 12.5 Å². The second-order valence-electron chi connectivity index (χ2n) is 9.21. The minimum Gasteiger partial charge on any atom is -0.480 e. The van der Waals surface area contributed by atoms with Crippen LogP contribution < -0.4 is 27.4 Å². The molecule has 196 valence electrons. The fourth-order valence-electron chi connectivity index (χ4n) is 3.28. The molecule has 13 nitrogen and oxygen atoms in total. The number of amides is 4. The summed E-state index contributed by atoms with van der Waals surface area (Å²) in [6.45, 7) is 7.02. The largest absolute Gasteiger partial charge is 0.480 e. The Morgan fingerprint density at radius 1 is 1.00 bits per heavy atom. The van der Waals surface area contributed by atoms with Gasteiger partial charge in [-0.3, -0.25) is 19.2 Å². The first-order chi connectivity index (χ1) is 16.3. The van der Waals surface area contributed by atoms with E-state index in [9.17, 15) is 29.1 Å². The van der Waals surface area contributed by atoms with Gasteiger partial charge in [-0.2, -0.15) is 0 Å². The first-order valence-corrected chi connectivity index (χ1v) is 11.5. The van der Waals surface area contributed by atoms with E-state index >= 15 is 0 Å². The molecule has 1 aromatic rings. The number of hydrogen-bond donors (Lipinski definition) is 7. The SMILES string of the molecule is CC(C)CC(NC(=O)C(Cc1cnc[nH]1)NC(=O)C(N)CCC(N)=O)C(=O)NC(C(=O)O)C(C)C. The highest BCUT2D eigenvalue weighted by Gasteiger charge is 2.32. The Morgan fingerprint density at radius 3 is 2.09 bits per heavy atom. The summed E-state index contributed by atoms with van der Waals surface area (Å²) in [5.41, 5.74) is 11.5. The quantitative estimate of drug-likeness (QED) is 0.156. The average Bonchev–Trinajstić information content (AvgIpc) is 3.26. The van der Waals surface area contributed by atoms with Gasteiger partial charge in [-0.25, -0.2) is 9.78 Å². The maximum absolute atomic E-state index is 13.2. The number of aliphatic carboxylic acids is 1. The molecule has 4 atom stereocenters. The van der Waals surface area contributed by atoms with E-state index in [1.807, 2.05) is 13.8 Å². The second kappa shape index (κ2) is 14.0. The van der Waals surface area contributed by atoms with E-state index in [1.165, 1.54) is 12.5 Å². The second-order valence-corrected chi connectivity index (χ2v) is 9.21. The van der Waals surface area contributed by atoms with E-state index in [0.717, 1.165) is 0 Å². The van der Waals surface area contributed by atoms with Gasteiger partial charge in [-0.1, -0.05) is 27.7 Å². The van der Waals surface area contributed by atoms with Crippen molar-refractivity contribution >= 4 is 29.6 Å². The van der Waals surface area contributed by atoms with Gasteiger partial charge in [0.25, 0.3) is 0 Å². The van der Waals surface area contributed by atoms with Crippen molar-refractivity contribution in [3.8, 4) is 0 Å². The highest BCUT2D eigenvalue weighted by molar-refractivity contribution is 5.94. The number of carbonyl (C=O) groups is 5. The number of primary amides is 1. The third kappa shape index (κ3) is 10.5. The minimum atomic E-state index is -1.18. The van der Waals surface area contributed by atoms with Crippen molar-refractivity contribution in [1.29, 1.82) is 0 Å². The summed E-state index contributed by atoms with van der Waals surface area (Å²) in [6, 6.07) is -4.35. The van der Waals surface area contributed by atoms with E-state index in [1.54, 1.807) is 13.8 Å². The molecule has 0 aliphatic carbocycles. The van der Waals surface area contributed by atoms with Crippen LogP contribution in [-0.2, 0) is 30.4 Å². The highest BCUT2D eigenvalue weighted by atomic mass is 16.4. The van der Waals surface area contributed by atoms with Gasteiger partial charge in [0.1, 0.15) is 18.1 Å². The summed E-state index contributed by atoms with van der Waals surface area (Å²) in [4.78, 5) is 67.9. The van der Waals surface area contributed by atoms with E-state index in [0.29, 0.717) is 5.69 Å². The molecule has 1 aromatic heterocycles. The zero-order valence-electron chi connectivity index (χ0n) is 20.5. The van der Waals surface area contributed by atoms with Gasteiger partial charge >= 0.3 is 5.97 Å². The van der Waals surface area contributed by atoms with Gasteiger partial charge in [0.2, 0.25) is 23.6 Å². The van der Waals surface area contributed by atoms with Gasteiger partial charge in [0.05, 0.1) is 12.4 Å². The van der Waals surface area contributed by atoms with Gasteiger partial charge in [-0.15, -0.1) is 0 Å². The van der Waals surface area contributed by atoms with Crippen molar-refractivity contribution in [3.05, 3.63) is 18.2 Å². The molecule has 0 aromatic carbocycles. The molecule has 0 saturated heterocycles. The van der Waals surface area contributed by atoms with E-state index in [-0.39, 0.29) is 37.5 Å². The minimum absolute atomic E-state index is 0.00347. The number of hydrogen-bond acceptors (Lipinski definition) is 7. The molecule has 4 unspecified atom stereocenters. The number of carboxylic acids is 1. The van der Waals surface area contributed by atoms with Crippen LogP contribution in [0.25, 0.3) is 0 Å². The molecule has 0 fully saturated rings. The number of carbonyl (C=O) groups excluding carboxylic acids is 4. The van der Waals surface area contributed by atoms with Crippen LogP contribution in [0.5, 0.6) is 0 Å². The molecule has 0 saturated carbocycles. The van der Waals surface area contributed by atoms with Crippen LogP contribution in [0.4, 0.5) is 0 Å². The topological polar surface area (TPSA) is 222 Å². The summed E-state index contributed by atoms with van der Waals surface area (Å²) in [5.74, 6) is -4.13.